The maximum atomic E-state index is 12.5. The van der Waals surface area contributed by atoms with Crippen LogP contribution < -0.4 is 5.73 Å². The Morgan fingerprint density at radius 3 is 2.33 bits per heavy atom. The van der Waals surface area contributed by atoms with Gasteiger partial charge in [0.25, 0.3) is 5.91 Å². The Morgan fingerprint density at radius 2 is 1.76 bits per heavy atom. The predicted molar refractivity (Wildman–Crippen MR) is 90.8 cm³/mol. The SMILES string of the molecule is CC(C)(C)C1CCCN(C(=O)c2ccc(N)cc2)CC1.Cl. The molecule has 0 aliphatic carbocycles. The molecule has 0 bridgehead atoms. The van der Waals surface area contributed by atoms with Gasteiger partial charge < -0.3 is 10.6 Å². The van der Waals surface area contributed by atoms with Gasteiger partial charge in [0.2, 0.25) is 0 Å². The van der Waals surface area contributed by atoms with Gasteiger partial charge in [-0.3, -0.25) is 4.79 Å². The predicted octanol–water partition coefficient (Wildman–Crippen LogP) is 3.98. The Labute approximate surface area is 134 Å². The van der Waals surface area contributed by atoms with Crippen molar-refractivity contribution in [2.75, 3.05) is 18.8 Å². The maximum absolute atomic E-state index is 12.5. The summed E-state index contributed by atoms with van der Waals surface area (Å²) < 4.78 is 0. The summed E-state index contributed by atoms with van der Waals surface area (Å²) in [5.41, 5.74) is 7.45. The highest BCUT2D eigenvalue weighted by Gasteiger charge is 2.28. The Morgan fingerprint density at radius 1 is 1.14 bits per heavy atom. The molecule has 4 heteroatoms. The standard InChI is InChI=1S/C17H26N2O.ClH/c1-17(2,3)14-5-4-11-19(12-10-14)16(20)13-6-8-15(18)9-7-13;/h6-9,14H,4-5,10-12,18H2,1-3H3;1H. The molecule has 1 heterocycles. The van der Waals surface area contributed by atoms with Gasteiger partial charge in [-0.05, 0) is 54.9 Å². The van der Waals surface area contributed by atoms with Crippen molar-refractivity contribution in [3.8, 4) is 0 Å². The molecule has 21 heavy (non-hydrogen) atoms. The second-order valence-corrected chi connectivity index (χ2v) is 6.91. The van der Waals surface area contributed by atoms with Crippen molar-refractivity contribution in [3.05, 3.63) is 29.8 Å². The minimum Gasteiger partial charge on any atom is -0.399 e. The molecule has 1 unspecified atom stereocenters. The lowest BCUT2D eigenvalue weighted by molar-refractivity contribution is 0.0755. The number of likely N-dealkylation sites (tertiary alicyclic amines) is 1. The van der Waals surface area contributed by atoms with Gasteiger partial charge in [0.1, 0.15) is 0 Å². The number of benzene rings is 1. The van der Waals surface area contributed by atoms with E-state index in [1.54, 1.807) is 12.1 Å². The van der Waals surface area contributed by atoms with E-state index in [1.165, 1.54) is 6.42 Å². The minimum atomic E-state index is 0. The van der Waals surface area contributed by atoms with Crippen LogP contribution in [-0.4, -0.2) is 23.9 Å². The minimum absolute atomic E-state index is 0. The first-order valence-electron chi connectivity index (χ1n) is 7.53. The van der Waals surface area contributed by atoms with E-state index in [4.69, 9.17) is 5.73 Å². The van der Waals surface area contributed by atoms with E-state index in [0.717, 1.165) is 31.5 Å². The van der Waals surface area contributed by atoms with Gasteiger partial charge in [0, 0.05) is 24.3 Å². The third-order valence-electron chi connectivity index (χ3n) is 4.40. The molecule has 1 amide bonds. The molecule has 1 fully saturated rings. The van der Waals surface area contributed by atoms with Gasteiger partial charge in [0.15, 0.2) is 0 Å². The second-order valence-electron chi connectivity index (χ2n) is 6.91. The molecule has 0 aromatic heterocycles. The molecule has 1 aliphatic heterocycles. The fourth-order valence-electron chi connectivity index (χ4n) is 2.97. The highest BCUT2D eigenvalue weighted by Crippen LogP contribution is 2.34. The Balaban J connectivity index is 0.00000220. The zero-order valence-electron chi connectivity index (χ0n) is 13.3. The van der Waals surface area contributed by atoms with Crippen LogP contribution in [-0.2, 0) is 0 Å². The van der Waals surface area contributed by atoms with Crippen LogP contribution in [0.25, 0.3) is 0 Å². The van der Waals surface area contributed by atoms with Crippen molar-refractivity contribution >= 4 is 24.0 Å². The van der Waals surface area contributed by atoms with Crippen molar-refractivity contribution in [1.29, 1.82) is 0 Å². The molecule has 0 saturated carbocycles. The van der Waals surface area contributed by atoms with E-state index in [2.05, 4.69) is 20.8 Å². The molecule has 1 aliphatic rings. The van der Waals surface area contributed by atoms with Crippen molar-refractivity contribution < 1.29 is 4.79 Å². The number of nitrogens with zero attached hydrogens (tertiary/aromatic N) is 1. The van der Waals surface area contributed by atoms with Gasteiger partial charge in [-0.25, -0.2) is 0 Å². The van der Waals surface area contributed by atoms with Crippen LogP contribution >= 0.6 is 12.4 Å². The number of halogens is 1. The van der Waals surface area contributed by atoms with E-state index in [-0.39, 0.29) is 18.3 Å². The van der Waals surface area contributed by atoms with Crippen LogP contribution in [0.3, 0.4) is 0 Å². The molecule has 1 aromatic rings. The lowest BCUT2D eigenvalue weighted by Gasteiger charge is -2.29. The van der Waals surface area contributed by atoms with E-state index >= 15 is 0 Å². The number of amides is 1. The molecule has 1 saturated heterocycles. The summed E-state index contributed by atoms with van der Waals surface area (Å²) in [6.07, 6.45) is 3.42. The van der Waals surface area contributed by atoms with Crippen molar-refractivity contribution in [3.63, 3.8) is 0 Å². The van der Waals surface area contributed by atoms with Gasteiger partial charge in [-0.1, -0.05) is 20.8 Å². The summed E-state index contributed by atoms with van der Waals surface area (Å²) >= 11 is 0. The van der Waals surface area contributed by atoms with Crippen molar-refractivity contribution in [2.24, 2.45) is 11.3 Å². The Kier molecular flexibility index (Phi) is 6.09. The first kappa shape index (κ1) is 17.8. The van der Waals surface area contributed by atoms with E-state index < -0.39 is 0 Å². The second kappa shape index (κ2) is 7.17. The number of hydrogen-bond acceptors (Lipinski definition) is 2. The average Bonchev–Trinajstić information content (AvgIpc) is 2.64. The van der Waals surface area contributed by atoms with E-state index in [1.807, 2.05) is 17.0 Å². The monoisotopic (exact) mass is 310 g/mol. The van der Waals surface area contributed by atoms with Crippen LogP contribution in [0.5, 0.6) is 0 Å². The average molecular weight is 311 g/mol. The fraction of sp³-hybridized carbons (Fsp3) is 0.588. The highest BCUT2D eigenvalue weighted by molar-refractivity contribution is 5.94. The molecule has 2 N–H and O–H groups in total. The van der Waals surface area contributed by atoms with Crippen LogP contribution in [0.2, 0.25) is 0 Å². The molecule has 1 aromatic carbocycles. The quantitative estimate of drug-likeness (QED) is 0.798. The fourth-order valence-corrected chi connectivity index (χ4v) is 2.97. The van der Waals surface area contributed by atoms with Gasteiger partial charge in [0.05, 0.1) is 0 Å². The zero-order chi connectivity index (χ0) is 14.8. The molecular weight excluding hydrogens is 284 g/mol. The lowest BCUT2D eigenvalue weighted by atomic mass is 9.77. The first-order chi connectivity index (χ1) is 9.38. The van der Waals surface area contributed by atoms with Crippen LogP contribution in [0.1, 0.15) is 50.4 Å². The smallest absolute Gasteiger partial charge is 0.253 e. The molecule has 2 rings (SSSR count). The topological polar surface area (TPSA) is 46.3 Å². The summed E-state index contributed by atoms with van der Waals surface area (Å²) in [7, 11) is 0. The zero-order valence-corrected chi connectivity index (χ0v) is 14.1. The van der Waals surface area contributed by atoms with E-state index in [9.17, 15) is 4.79 Å². The number of rotatable bonds is 1. The number of anilines is 1. The molecule has 1 atom stereocenters. The largest absolute Gasteiger partial charge is 0.399 e. The number of nitrogen functional groups attached to an aromatic ring is 1. The summed E-state index contributed by atoms with van der Waals surface area (Å²) in [5, 5.41) is 0. The third kappa shape index (κ3) is 4.63. The number of carbonyl (C=O) groups is 1. The maximum Gasteiger partial charge on any atom is 0.253 e. The summed E-state index contributed by atoms with van der Waals surface area (Å²) in [5.74, 6) is 0.839. The van der Waals surface area contributed by atoms with Gasteiger partial charge in [-0.15, -0.1) is 12.4 Å². The molecular formula is C17H27ClN2O. The van der Waals surface area contributed by atoms with E-state index in [0.29, 0.717) is 17.0 Å². The van der Waals surface area contributed by atoms with Gasteiger partial charge in [-0.2, -0.15) is 0 Å². The number of nitrogens with two attached hydrogens (primary N) is 1. The van der Waals surface area contributed by atoms with Gasteiger partial charge >= 0.3 is 0 Å². The molecule has 118 valence electrons. The third-order valence-corrected chi connectivity index (χ3v) is 4.40. The van der Waals surface area contributed by atoms with Crippen LogP contribution in [0.15, 0.2) is 24.3 Å². The van der Waals surface area contributed by atoms with Crippen molar-refractivity contribution in [1.82, 2.24) is 4.90 Å². The molecule has 3 nitrogen and oxygen atoms in total. The Bertz CT molecular complexity index is 465. The van der Waals surface area contributed by atoms with Crippen molar-refractivity contribution in [2.45, 2.75) is 40.0 Å². The first-order valence-corrected chi connectivity index (χ1v) is 7.53. The summed E-state index contributed by atoms with van der Waals surface area (Å²) in [6.45, 7) is 8.64. The normalized spacial score (nSPS) is 19.6. The number of carbonyl (C=O) groups excluding carboxylic acids is 1. The summed E-state index contributed by atoms with van der Waals surface area (Å²) in [6, 6.07) is 7.24. The summed E-state index contributed by atoms with van der Waals surface area (Å²) in [4.78, 5) is 14.5. The molecule has 0 spiro atoms. The highest BCUT2D eigenvalue weighted by atomic mass is 35.5. The lowest BCUT2D eigenvalue weighted by Crippen LogP contribution is -2.32. The number of hydrogen-bond donors (Lipinski definition) is 1. The van der Waals surface area contributed by atoms with Crippen LogP contribution in [0.4, 0.5) is 5.69 Å². The Hall–Kier alpha value is -1.22. The molecule has 0 radical (unpaired) electrons. The van der Waals surface area contributed by atoms with Crippen LogP contribution in [0, 0.1) is 11.3 Å².